The van der Waals surface area contributed by atoms with E-state index < -0.39 is 0 Å². The van der Waals surface area contributed by atoms with Crippen LogP contribution in [0.1, 0.15) is 42.1 Å². The minimum Gasteiger partial charge on any atom is -0.465 e. The van der Waals surface area contributed by atoms with E-state index in [0.717, 1.165) is 31.2 Å². The largest absolute Gasteiger partial charge is 0.465 e. The van der Waals surface area contributed by atoms with Crippen LogP contribution in [-0.4, -0.2) is 33.8 Å². The number of nitrogen functional groups attached to an aromatic ring is 1. The van der Waals surface area contributed by atoms with Crippen molar-refractivity contribution in [2.24, 2.45) is 0 Å². The van der Waals surface area contributed by atoms with Gasteiger partial charge in [-0.3, -0.25) is 0 Å². The molecule has 0 saturated heterocycles. The van der Waals surface area contributed by atoms with Crippen molar-refractivity contribution < 1.29 is 14.6 Å². The number of esters is 1. The highest BCUT2D eigenvalue weighted by molar-refractivity contribution is 5.94. The standard InChI is InChI=1S/C15H19N3O3/c1-21-14(20)9-2-7-13-12(8-9)17-15(16)18(13)10-3-5-11(19)6-4-10/h2,7-8,10-11,19H,3-6H2,1H3,(H2,16,17). The van der Waals surface area contributed by atoms with Gasteiger partial charge in [-0.25, -0.2) is 9.78 Å². The first-order valence-electron chi connectivity index (χ1n) is 7.14. The number of hydrogen-bond donors (Lipinski definition) is 2. The minimum absolute atomic E-state index is 0.205. The molecule has 1 heterocycles. The Bertz CT molecular complexity index is 672. The minimum atomic E-state index is -0.384. The second-order valence-corrected chi connectivity index (χ2v) is 5.50. The SMILES string of the molecule is COC(=O)c1ccc2c(c1)nc(N)n2C1CCC(O)CC1. The van der Waals surface area contributed by atoms with Crippen LogP contribution >= 0.6 is 0 Å². The Morgan fingerprint density at radius 2 is 2.10 bits per heavy atom. The van der Waals surface area contributed by atoms with Crippen LogP contribution in [0.15, 0.2) is 18.2 Å². The monoisotopic (exact) mass is 289 g/mol. The highest BCUT2D eigenvalue weighted by Crippen LogP contribution is 2.33. The molecule has 6 nitrogen and oxygen atoms in total. The summed E-state index contributed by atoms with van der Waals surface area (Å²) in [5.41, 5.74) is 8.13. The van der Waals surface area contributed by atoms with Crippen molar-refractivity contribution in [3.8, 4) is 0 Å². The molecular formula is C15H19N3O3. The molecule has 0 atom stereocenters. The third-order valence-corrected chi connectivity index (χ3v) is 4.17. The van der Waals surface area contributed by atoms with Crippen LogP contribution in [0.25, 0.3) is 11.0 Å². The average molecular weight is 289 g/mol. The first-order chi connectivity index (χ1) is 10.1. The van der Waals surface area contributed by atoms with Gasteiger partial charge in [0.1, 0.15) is 0 Å². The van der Waals surface area contributed by atoms with Gasteiger partial charge in [-0.15, -0.1) is 0 Å². The second-order valence-electron chi connectivity index (χ2n) is 5.50. The van der Waals surface area contributed by atoms with Crippen LogP contribution < -0.4 is 5.73 Å². The fraction of sp³-hybridized carbons (Fsp3) is 0.467. The maximum atomic E-state index is 11.6. The highest BCUT2D eigenvalue weighted by Gasteiger charge is 2.24. The van der Waals surface area contributed by atoms with Crippen molar-refractivity contribution in [1.29, 1.82) is 0 Å². The number of aromatic nitrogens is 2. The number of carbonyl (C=O) groups is 1. The number of imidazole rings is 1. The van der Waals surface area contributed by atoms with Gasteiger partial charge < -0.3 is 20.1 Å². The predicted octanol–water partition coefficient (Wildman–Crippen LogP) is 1.88. The number of nitrogens with zero attached hydrogens (tertiary/aromatic N) is 2. The number of methoxy groups -OCH3 is 1. The van der Waals surface area contributed by atoms with Gasteiger partial charge in [0.2, 0.25) is 5.95 Å². The van der Waals surface area contributed by atoms with E-state index in [1.54, 1.807) is 12.1 Å². The van der Waals surface area contributed by atoms with Gasteiger partial charge in [-0.2, -0.15) is 0 Å². The number of nitrogens with two attached hydrogens (primary N) is 1. The molecule has 2 aromatic rings. The number of benzene rings is 1. The topological polar surface area (TPSA) is 90.4 Å². The van der Waals surface area contributed by atoms with Gasteiger partial charge in [-0.05, 0) is 43.9 Å². The Labute approximate surface area is 122 Å². The molecule has 0 aliphatic heterocycles. The Kier molecular flexibility index (Phi) is 3.55. The van der Waals surface area contributed by atoms with Crippen molar-refractivity contribution in [3.05, 3.63) is 23.8 Å². The van der Waals surface area contributed by atoms with E-state index in [9.17, 15) is 9.90 Å². The van der Waals surface area contributed by atoms with Gasteiger partial charge in [0.15, 0.2) is 0 Å². The van der Waals surface area contributed by atoms with E-state index in [-0.39, 0.29) is 18.1 Å². The highest BCUT2D eigenvalue weighted by atomic mass is 16.5. The molecule has 3 N–H and O–H groups in total. The average Bonchev–Trinajstić information content (AvgIpc) is 2.82. The third kappa shape index (κ3) is 2.47. The van der Waals surface area contributed by atoms with Crippen LogP contribution in [0.5, 0.6) is 0 Å². The fourth-order valence-corrected chi connectivity index (χ4v) is 3.06. The van der Waals surface area contributed by atoms with Crippen molar-refractivity contribution in [3.63, 3.8) is 0 Å². The lowest BCUT2D eigenvalue weighted by Gasteiger charge is -2.27. The van der Waals surface area contributed by atoms with Crippen LogP contribution in [0, 0.1) is 0 Å². The first-order valence-corrected chi connectivity index (χ1v) is 7.14. The number of anilines is 1. The first kappa shape index (κ1) is 13.9. The van der Waals surface area contributed by atoms with E-state index >= 15 is 0 Å². The Balaban J connectivity index is 2.00. The Morgan fingerprint density at radius 1 is 1.38 bits per heavy atom. The lowest BCUT2D eigenvalue weighted by atomic mass is 9.93. The van der Waals surface area contributed by atoms with Crippen LogP contribution in [0.2, 0.25) is 0 Å². The Hall–Kier alpha value is -2.08. The summed E-state index contributed by atoms with van der Waals surface area (Å²) < 4.78 is 6.73. The Morgan fingerprint density at radius 3 is 2.76 bits per heavy atom. The molecule has 0 spiro atoms. The zero-order valence-corrected chi connectivity index (χ0v) is 12.0. The second kappa shape index (κ2) is 5.37. The zero-order chi connectivity index (χ0) is 15.0. The molecule has 0 unspecified atom stereocenters. The molecule has 1 aromatic heterocycles. The lowest BCUT2D eigenvalue weighted by molar-refractivity contribution is 0.0601. The summed E-state index contributed by atoms with van der Waals surface area (Å²) in [6, 6.07) is 5.54. The molecule has 1 aromatic carbocycles. The molecule has 0 radical (unpaired) electrons. The molecule has 0 bridgehead atoms. The summed E-state index contributed by atoms with van der Waals surface area (Å²) in [7, 11) is 1.35. The van der Waals surface area contributed by atoms with Gasteiger partial charge in [0.25, 0.3) is 0 Å². The number of carbonyl (C=O) groups excluding carboxylic acids is 1. The number of rotatable bonds is 2. The van der Waals surface area contributed by atoms with E-state index in [1.807, 2.05) is 10.6 Å². The quantitative estimate of drug-likeness (QED) is 0.824. The van der Waals surface area contributed by atoms with Gasteiger partial charge in [-0.1, -0.05) is 0 Å². The van der Waals surface area contributed by atoms with Gasteiger partial charge in [0, 0.05) is 6.04 Å². The zero-order valence-electron chi connectivity index (χ0n) is 12.0. The van der Waals surface area contributed by atoms with E-state index in [4.69, 9.17) is 10.5 Å². The van der Waals surface area contributed by atoms with Crippen LogP contribution in [-0.2, 0) is 4.74 Å². The van der Waals surface area contributed by atoms with Gasteiger partial charge in [0.05, 0.1) is 29.8 Å². The number of fused-ring (bicyclic) bond motifs is 1. The van der Waals surface area contributed by atoms with Crippen molar-refractivity contribution in [2.75, 3.05) is 12.8 Å². The van der Waals surface area contributed by atoms with Crippen molar-refractivity contribution in [1.82, 2.24) is 9.55 Å². The van der Waals surface area contributed by atoms with E-state index in [2.05, 4.69) is 4.98 Å². The summed E-state index contributed by atoms with van der Waals surface area (Å²) in [5, 5.41) is 9.62. The van der Waals surface area contributed by atoms with Crippen LogP contribution in [0.3, 0.4) is 0 Å². The maximum Gasteiger partial charge on any atom is 0.337 e. The summed E-state index contributed by atoms with van der Waals surface area (Å²) >= 11 is 0. The molecule has 112 valence electrons. The fourth-order valence-electron chi connectivity index (χ4n) is 3.06. The number of ether oxygens (including phenoxy) is 1. The third-order valence-electron chi connectivity index (χ3n) is 4.17. The van der Waals surface area contributed by atoms with Gasteiger partial charge >= 0.3 is 5.97 Å². The summed E-state index contributed by atoms with van der Waals surface area (Å²) in [5.74, 6) is 0.0687. The molecule has 1 aliphatic carbocycles. The molecule has 1 fully saturated rings. The number of aliphatic hydroxyl groups excluding tert-OH is 1. The lowest BCUT2D eigenvalue weighted by Crippen LogP contribution is -2.22. The molecular weight excluding hydrogens is 270 g/mol. The molecule has 1 aliphatic rings. The molecule has 3 rings (SSSR count). The summed E-state index contributed by atoms with van der Waals surface area (Å²) in [6.45, 7) is 0. The van der Waals surface area contributed by atoms with E-state index in [1.165, 1.54) is 7.11 Å². The summed E-state index contributed by atoms with van der Waals surface area (Å²) in [4.78, 5) is 15.9. The van der Waals surface area contributed by atoms with E-state index in [0.29, 0.717) is 17.0 Å². The molecule has 6 heteroatoms. The number of aliphatic hydroxyl groups is 1. The van der Waals surface area contributed by atoms with Crippen molar-refractivity contribution in [2.45, 2.75) is 37.8 Å². The number of hydrogen-bond acceptors (Lipinski definition) is 5. The molecule has 1 saturated carbocycles. The van der Waals surface area contributed by atoms with Crippen molar-refractivity contribution >= 4 is 23.0 Å². The smallest absolute Gasteiger partial charge is 0.337 e. The molecule has 21 heavy (non-hydrogen) atoms. The summed E-state index contributed by atoms with van der Waals surface area (Å²) in [6.07, 6.45) is 3.13. The normalized spacial score (nSPS) is 22.4. The van der Waals surface area contributed by atoms with Crippen LogP contribution in [0.4, 0.5) is 5.95 Å². The maximum absolute atomic E-state index is 11.6. The predicted molar refractivity (Wildman–Crippen MR) is 79.0 cm³/mol. The molecule has 0 amide bonds.